The Bertz CT molecular complexity index is 361. The van der Waals surface area contributed by atoms with Crippen molar-refractivity contribution >= 4 is 5.91 Å². The highest BCUT2D eigenvalue weighted by molar-refractivity contribution is 5.96. The van der Waals surface area contributed by atoms with E-state index in [0.717, 1.165) is 13.0 Å². The number of carbonyl (C=O) groups excluding carboxylic acids is 1. The first-order valence-corrected chi connectivity index (χ1v) is 4.90. The Morgan fingerprint density at radius 3 is 3.40 bits per heavy atom. The van der Waals surface area contributed by atoms with Gasteiger partial charge in [0.1, 0.15) is 5.56 Å². The van der Waals surface area contributed by atoms with Crippen molar-refractivity contribution in [1.29, 1.82) is 0 Å². The summed E-state index contributed by atoms with van der Waals surface area (Å²) in [6, 6.07) is 0. The van der Waals surface area contributed by atoms with Gasteiger partial charge < -0.3 is 15.2 Å². The van der Waals surface area contributed by atoms with Crippen molar-refractivity contribution in [3.63, 3.8) is 0 Å². The maximum atomic E-state index is 11.6. The average Bonchev–Trinajstić information content (AvgIpc) is 2.69. The van der Waals surface area contributed by atoms with Gasteiger partial charge in [-0.25, -0.2) is 4.68 Å². The highest BCUT2D eigenvalue weighted by Gasteiger charge is 2.20. The Hall–Kier alpha value is -1.56. The van der Waals surface area contributed by atoms with E-state index in [1.165, 1.54) is 6.20 Å². The van der Waals surface area contributed by atoms with Gasteiger partial charge in [0.25, 0.3) is 5.91 Å². The minimum Gasteiger partial charge on any atom is -0.477 e. The van der Waals surface area contributed by atoms with E-state index in [-0.39, 0.29) is 19.1 Å². The van der Waals surface area contributed by atoms with Crippen LogP contribution in [-0.4, -0.2) is 40.6 Å². The number of rotatable bonds is 3. The smallest absolute Gasteiger partial charge is 0.258 e. The summed E-state index contributed by atoms with van der Waals surface area (Å²) in [5, 5.41) is 15.2. The van der Waals surface area contributed by atoms with Crippen molar-refractivity contribution < 1.29 is 14.6 Å². The number of fused-ring (bicyclic) bond motifs is 1. The van der Waals surface area contributed by atoms with E-state index in [1.54, 1.807) is 4.68 Å². The Balaban J connectivity index is 2.14. The molecule has 0 spiro atoms. The van der Waals surface area contributed by atoms with E-state index in [9.17, 15) is 4.79 Å². The zero-order valence-corrected chi connectivity index (χ0v) is 8.27. The average molecular weight is 211 g/mol. The molecule has 0 aliphatic carbocycles. The number of aryl methyl sites for hydroxylation is 1. The number of aliphatic hydroxyl groups excluding tert-OH is 1. The third kappa shape index (κ3) is 1.94. The highest BCUT2D eigenvalue weighted by Crippen LogP contribution is 2.21. The van der Waals surface area contributed by atoms with E-state index in [4.69, 9.17) is 9.84 Å². The first-order chi connectivity index (χ1) is 7.33. The van der Waals surface area contributed by atoms with Gasteiger partial charge in [-0.05, 0) is 0 Å². The zero-order chi connectivity index (χ0) is 10.7. The van der Waals surface area contributed by atoms with Gasteiger partial charge in [0.2, 0.25) is 5.88 Å². The number of ether oxygens (including phenoxy) is 1. The van der Waals surface area contributed by atoms with E-state index in [0.29, 0.717) is 18.1 Å². The Morgan fingerprint density at radius 2 is 2.60 bits per heavy atom. The number of hydrogen-bond donors (Lipinski definition) is 2. The number of nitrogens with one attached hydrogen (secondary N) is 1. The molecule has 15 heavy (non-hydrogen) atoms. The van der Waals surface area contributed by atoms with Crippen molar-refractivity contribution in [1.82, 2.24) is 15.1 Å². The molecule has 2 heterocycles. The van der Waals surface area contributed by atoms with Gasteiger partial charge in [0, 0.05) is 19.5 Å². The van der Waals surface area contributed by atoms with Crippen molar-refractivity contribution in [2.45, 2.75) is 13.0 Å². The molecule has 1 amide bonds. The van der Waals surface area contributed by atoms with Crippen LogP contribution in [0.25, 0.3) is 0 Å². The van der Waals surface area contributed by atoms with Crippen molar-refractivity contribution in [3.8, 4) is 5.88 Å². The maximum absolute atomic E-state index is 11.6. The number of nitrogens with zero attached hydrogens (tertiary/aromatic N) is 2. The van der Waals surface area contributed by atoms with Crippen LogP contribution < -0.4 is 10.1 Å². The van der Waals surface area contributed by atoms with Crippen LogP contribution in [0.3, 0.4) is 0 Å². The molecular weight excluding hydrogens is 198 g/mol. The fourth-order valence-electron chi connectivity index (χ4n) is 1.49. The van der Waals surface area contributed by atoms with Crippen LogP contribution in [0.1, 0.15) is 16.8 Å². The SMILES string of the molecule is O=C(NCCO)c1cnn2c1OCCC2. The number of carbonyl (C=O) groups is 1. The van der Waals surface area contributed by atoms with Crippen molar-refractivity contribution in [2.24, 2.45) is 0 Å². The number of aromatic nitrogens is 2. The fraction of sp³-hybridized carbons (Fsp3) is 0.556. The van der Waals surface area contributed by atoms with Crippen LogP contribution in [-0.2, 0) is 6.54 Å². The second-order valence-electron chi connectivity index (χ2n) is 3.27. The van der Waals surface area contributed by atoms with Crippen LogP contribution in [0.2, 0.25) is 0 Å². The molecule has 2 N–H and O–H groups in total. The third-order valence-corrected chi connectivity index (χ3v) is 2.19. The van der Waals surface area contributed by atoms with Crippen molar-refractivity contribution in [2.75, 3.05) is 19.8 Å². The normalized spacial score (nSPS) is 14.2. The van der Waals surface area contributed by atoms with Gasteiger partial charge in [-0.3, -0.25) is 4.79 Å². The molecule has 0 saturated heterocycles. The molecule has 82 valence electrons. The Kier molecular flexibility index (Phi) is 2.86. The predicted molar refractivity (Wildman–Crippen MR) is 51.8 cm³/mol. The summed E-state index contributed by atoms with van der Waals surface area (Å²) < 4.78 is 7.05. The molecule has 0 saturated carbocycles. The lowest BCUT2D eigenvalue weighted by atomic mass is 10.3. The molecule has 1 aromatic rings. The summed E-state index contributed by atoms with van der Waals surface area (Å²) >= 11 is 0. The summed E-state index contributed by atoms with van der Waals surface area (Å²) in [4.78, 5) is 11.6. The predicted octanol–water partition coefficient (Wildman–Crippen LogP) is -0.612. The molecule has 6 heteroatoms. The molecule has 1 aliphatic heterocycles. The van der Waals surface area contributed by atoms with Crippen LogP contribution >= 0.6 is 0 Å². The lowest BCUT2D eigenvalue weighted by Gasteiger charge is -2.15. The number of aliphatic hydroxyl groups is 1. The number of hydrogen-bond acceptors (Lipinski definition) is 4. The van der Waals surface area contributed by atoms with Gasteiger partial charge in [0.05, 0.1) is 19.4 Å². The molecule has 1 aliphatic rings. The Labute approximate surface area is 86.8 Å². The molecule has 1 aromatic heterocycles. The first kappa shape index (κ1) is 9.97. The highest BCUT2D eigenvalue weighted by atomic mass is 16.5. The standard InChI is InChI=1S/C9H13N3O3/c13-4-2-10-8(14)7-6-11-12-3-1-5-15-9(7)12/h6,13H,1-5H2,(H,10,14). The molecule has 0 bridgehead atoms. The minimum absolute atomic E-state index is 0.0733. The van der Waals surface area contributed by atoms with Crippen LogP contribution in [0.15, 0.2) is 6.20 Å². The fourth-order valence-corrected chi connectivity index (χ4v) is 1.49. The molecule has 0 radical (unpaired) electrons. The summed E-state index contributed by atoms with van der Waals surface area (Å²) in [6.45, 7) is 1.56. The lowest BCUT2D eigenvalue weighted by molar-refractivity contribution is 0.0938. The first-order valence-electron chi connectivity index (χ1n) is 4.90. The minimum atomic E-state index is -0.257. The monoisotopic (exact) mass is 211 g/mol. The van der Waals surface area contributed by atoms with E-state index < -0.39 is 0 Å². The molecule has 0 unspecified atom stereocenters. The molecular formula is C9H13N3O3. The summed E-state index contributed by atoms with van der Waals surface area (Å²) in [5.74, 6) is 0.267. The van der Waals surface area contributed by atoms with Gasteiger partial charge in [0.15, 0.2) is 0 Å². The molecule has 2 rings (SSSR count). The van der Waals surface area contributed by atoms with Crippen molar-refractivity contribution in [3.05, 3.63) is 11.8 Å². The van der Waals surface area contributed by atoms with Gasteiger partial charge in [-0.2, -0.15) is 5.10 Å². The van der Waals surface area contributed by atoms with E-state index in [1.807, 2.05) is 0 Å². The van der Waals surface area contributed by atoms with Gasteiger partial charge in [-0.1, -0.05) is 0 Å². The summed E-state index contributed by atoms with van der Waals surface area (Å²) in [7, 11) is 0. The van der Waals surface area contributed by atoms with Gasteiger partial charge >= 0.3 is 0 Å². The number of amides is 1. The second kappa shape index (κ2) is 4.31. The van der Waals surface area contributed by atoms with E-state index >= 15 is 0 Å². The molecule has 6 nitrogen and oxygen atoms in total. The molecule has 0 fully saturated rings. The molecule has 0 aromatic carbocycles. The maximum Gasteiger partial charge on any atom is 0.258 e. The molecule has 0 atom stereocenters. The summed E-state index contributed by atoms with van der Waals surface area (Å²) in [5.41, 5.74) is 0.433. The topological polar surface area (TPSA) is 76.4 Å². The summed E-state index contributed by atoms with van der Waals surface area (Å²) in [6.07, 6.45) is 2.40. The largest absolute Gasteiger partial charge is 0.477 e. The Morgan fingerprint density at radius 1 is 1.73 bits per heavy atom. The zero-order valence-electron chi connectivity index (χ0n) is 8.27. The van der Waals surface area contributed by atoms with E-state index in [2.05, 4.69) is 10.4 Å². The van der Waals surface area contributed by atoms with Crippen LogP contribution in [0.4, 0.5) is 0 Å². The van der Waals surface area contributed by atoms with Gasteiger partial charge in [-0.15, -0.1) is 0 Å². The van der Waals surface area contributed by atoms with Crippen LogP contribution in [0, 0.1) is 0 Å². The third-order valence-electron chi connectivity index (χ3n) is 2.19. The lowest BCUT2D eigenvalue weighted by Crippen LogP contribution is -2.27. The van der Waals surface area contributed by atoms with Crippen LogP contribution in [0.5, 0.6) is 5.88 Å². The second-order valence-corrected chi connectivity index (χ2v) is 3.27. The quantitative estimate of drug-likeness (QED) is 0.699.